The maximum absolute atomic E-state index is 5.73. The third-order valence-corrected chi connectivity index (χ3v) is 4.93. The largest absolute Gasteiger partial charge is 0.490 e. The number of ether oxygens (including phenoxy) is 2. The van der Waals surface area contributed by atoms with Gasteiger partial charge in [-0.25, -0.2) is 0 Å². The minimum Gasteiger partial charge on any atom is -0.490 e. The molecule has 0 fully saturated rings. The van der Waals surface area contributed by atoms with E-state index in [1.165, 1.54) is 5.56 Å². The van der Waals surface area contributed by atoms with E-state index < -0.39 is 0 Å². The summed E-state index contributed by atoms with van der Waals surface area (Å²) in [5.74, 6) is 3.41. The minimum absolute atomic E-state index is 0. The molecule has 2 N–H and O–H groups in total. The van der Waals surface area contributed by atoms with Gasteiger partial charge in [-0.3, -0.25) is 4.99 Å². The normalized spacial score (nSPS) is 12.1. The molecular weight excluding hydrogens is 519 g/mol. The molecule has 0 aliphatic rings. The van der Waals surface area contributed by atoms with E-state index in [1.807, 2.05) is 19.9 Å². The van der Waals surface area contributed by atoms with Crippen LogP contribution in [0.5, 0.6) is 11.5 Å². The zero-order valence-corrected chi connectivity index (χ0v) is 22.4. The predicted octanol–water partition coefficient (Wildman–Crippen LogP) is 3.83. The third kappa shape index (κ3) is 9.22. The Bertz CT molecular complexity index is 812. The SMILES string of the molecule is CCOc1ccc(CCN=C(NCCn2cnnc2CC)NC(C)CC)cc1OCC.I. The van der Waals surface area contributed by atoms with Gasteiger partial charge in [0, 0.05) is 32.1 Å². The van der Waals surface area contributed by atoms with Crippen LogP contribution in [0.25, 0.3) is 0 Å². The van der Waals surface area contributed by atoms with E-state index in [0.717, 1.165) is 55.6 Å². The van der Waals surface area contributed by atoms with Crippen molar-refractivity contribution in [2.45, 2.75) is 66.5 Å². The van der Waals surface area contributed by atoms with Crippen LogP contribution in [0.4, 0.5) is 0 Å². The summed E-state index contributed by atoms with van der Waals surface area (Å²) in [6.07, 6.45) is 4.51. The van der Waals surface area contributed by atoms with Gasteiger partial charge in [0.2, 0.25) is 0 Å². The maximum Gasteiger partial charge on any atom is 0.191 e. The summed E-state index contributed by atoms with van der Waals surface area (Å²) in [4.78, 5) is 4.78. The van der Waals surface area contributed by atoms with Crippen molar-refractivity contribution in [2.24, 2.45) is 4.99 Å². The maximum atomic E-state index is 5.73. The molecule has 0 radical (unpaired) electrons. The molecule has 0 saturated carbocycles. The van der Waals surface area contributed by atoms with Gasteiger partial charge in [-0.2, -0.15) is 0 Å². The van der Waals surface area contributed by atoms with Crippen molar-refractivity contribution in [1.29, 1.82) is 0 Å². The predicted molar refractivity (Wildman–Crippen MR) is 140 cm³/mol. The lowest BCUT2D eigenvalue weighted by molar-refractivity contribution is 0.287. The van der Waals surface area contributed by atoms with Crippen LogP contribution in [0.3, 0.4) is 0 Å². The first kappa shape index (κ1) is 28.0. The number of hydrogen-bond donors (Lipinski definition) is 2. The topological polar surface area (TPSA) is 85.6 Å². The lowest BCUT2D eigenvalue weighted by atomic mass is 10.1. The Morgan fingerprint density at radius 3 is 2.56 bits per heavy atom. The van der Waals surface area contributed by atoms with Gasteiger partial charge in [0.1, 0.15) is 12.2 Å². The number of halogens is 1. The van der Waals surface area contributed by atoms with Crippen LogP contribution in [0.1, 0.15) is 52.4 Å². The second kappa shape index (κ2) is 15.7. The number of aromatic nitrogens is 3. The van der Waals surface area contributed by atoms with Gasteiger partial charge in [0.05, 0.1) is 13.2 Å². The number of benzene rings is 1. The fourth-order valence-electron chi connectivity index (χ4n) is 3.07. The van der Waals surface area contributed by atoms with Gasteiger partial charge in [0.15, 0.2) is 17.5 Å². The molecule has 180 valence electrons. The molecule has 1 aromatic heterocycles. The van der Waals surface area contributed by atoms with Gasteiger partial charge >= 0.3 is 0 Å². The molecule has 0 amide bonds. The zero-order valence-electron chi connectivity index (χ0n) is 20.1. The average molecular weight is 559 g/mol. The number of aliphatic imine (C=N–C) groups is 1. The first-order valence-corrected chi connectivity index (χ1v) is 11.4. The van der Waals surface area contributed by atoms with Crippen molar-refractivity contribution in [3.8, 4) is 11.5 Å². The molecule has 2 rings (SSSR count). The van der Waals surface area contributed by atoms with Crippen molar-refractivity contribution < 1.29 is 9.47 Å². The second-order valence-electron chi connectivity index (χ2n) is 7.30. The number of nitrogens with zero attached hydrogens (tertiary/aromatic N) is 4. The fraction of sp³-hybridized carbons (Fsp3) is 0.609. The Hall–Kier alpha value is -2.04. The van der Waals surface area contributed by atoms with E-state index in [0.29, 0.717) is 25.8 Å². The molecule has 0 spiro atoms. The molecule has 2 aromatic rings. The monoisotopic (exact) mass is 558 g/mol. The van der Waals surface area contributed by atoms with Gasteiger partial charge in [0.25, 0.3) is 0 Å². The molecule has 0 aliphatic carbocycles. The minimum atomic E-state index is 0. The number of rotatable bonds is 13. The van der Waals surface area contributed by atoms with E-state index in [-0.39, 0.29) is 24.0 Å². The van der Waals surface area contributed by atoms with Crippen LogP contribution in [0.2, 0.25) is 0 Å². The number of guanidine groups is 1. The highest BCUT2D eigenvalue weighted by Gasteiger charge is 2.08. The Labute approximate surface area is 209 Å². The zero-order chi connectivity index (χ0) is 22.5. The summed E-state index contributed by atoms with van der Waals surface area (Å²) in [6.45, 7) is 13.8. The van der Waals surface area contributed by atoms with Gasteiger partial charge in [-0.15, -0.1) is 34.2 Å². The summed E-state index contributed by atoms with van der Waals surface area (Å²) >= 11 is 0. The highest BCUT2D eigenvalue weighted by molar-refractivity contribution is 14.0. The molecule has 1 atom stereocenters. The Morgan fingerprint density at radius 1 is 1.12 bits per heavy atom. The molecule has 32 heavy (non-hydrogen) atoms. The van der Waals surface area contributed by atoms with E-state index in [2.05, 4.69) is 58.3 Å². The molecule has 1 heterocycles. The highest BCUT2D eigenvalue weighted by atomic mass is 127. The third-order valence-electron chi connectivity index (χ3n) is 4.93. The quantitative estimate of drug-likeness (QED) is 0.221. The standard InChI is InChI=1S/C23H38N6O2.HI/c1-6-18(5)27-23(25-14-15-29-17-26-28-22(29)7-2)24-13-12-19-10-11-20(30-8-3)21(16-19)31-9-4;/h10-11,16-18H,6-9,12-15H2,1-5H3,(H2,24,25,27);1H. The van der Waals surface area contributed by atoms with Crippen molar-refractivity contribution in [3.05, 3.63) is 35.9 Å². The van der Waals surface area contributed by atoms with Crippen LogP contribution in [0, 0.1) is 0 Å². The molecule has 9 heteroatoms. The molecule has 0 saturated heterocycles. The van der Waals surface area contributed by atoms with Crippen LogP contribution in [-0.4, -0.2) is 53.1 Å². The lowest BCUT2D eigenvalue weighted by Crippen LogP contribution is -2.43. The summed E-state index contributed by atoms with van der Waals surface area (Å²) in [5, 5.41) is 15.0. The van der Waals surface area contributed by atoms with E-state index in [4.69, 9.17) is 14.5 Å². The average Bonchev–Trinajstić information content (AvgIpc) is 3.23. The van der Waals surface area contributed by atoms with Crippen molar-refractivity contribution in [2.75, 3.05) is 26.3 Å². The summed E-state index contributed by atoms with van der Waals surface area (Å²) in [5.41, 5.74) is 1.18. The number of hydrogen-bond acceptors (Lipinski definition) is 5. The first-order chi connectivity index (χ1) is 15.1. The summed E-state index contributed by atoms with van der Waals surface area (Å²) < 4.78 is 13.5. The Kier molecular flexibility index (Phi) is 13.7. The Balaban J connectivity index is 0.00000512. The molecular formula is C23H39IN6O2. The van der Waals surface area contributed by atoms with Crippen LogP contribution >= 0.6 is 24.0 Å². The van der Waals surface area contributed by atoms with Gasteiger partial charge in [-0.05, 0) is 51.3 Å². The second-order valence-corrected chi connectivity index (χ2v) is 7.30. The number of nitrogens with one attached hydrogen (secondary N) is 2. The molecule has 0 bridgehead atoms. The van der Waals surface area contributed by atoms with E-state index in [9.17, 15) is 0 Å². The smallest absolute Gasteiger partial charge is 0.191 e. The van der Waals surface area contributed by atoms with E-state index in [1.54, 1.807) is 6.33 Å². The highest BCUT2D eigenvalue weighted by Crippen LogP contribution is 2.28. The van der Waals surface area contributed by atoms with Crippen LogP contribution in [0.15, 0.2) is 29.5 Å². The summed E-state index contributed by atoms with van der Waals surface area (Å²) in [6, 6.07) is 6.46. The lowest BCUT2D eigenvalue weighted by Gasteiger charge is -2.17. The number of aryl methyl sites for hydroxylation is 1. The molecule has 1 unspecified atom stereocenters. The molecule has 0 aliphatic heterocycles. The molecule has 8 nitrogen and oxygen atoms in total. The van der Waals surface area contributed by atoms with Crippen molar-refractivity contribution >= 4 is 29.9 Å². The Morgan fingerprint density at radius 2 is 1.88 bits per heavy atom. The van der Waals surface area contributed by atoms with Crippen LogP contribution < -0.4 is 20.1 Å². The fourth-order valence-corrected chi connectivity index (χ4v) is 3.07. The van der Waals surface area contributed by atoms with Crippen LogP contribution in [-0.2, 0) is 19.4 Å². The molecule has 1 aromatic carbocycles. The van der Waals surface area contributed by atoms with Crippen molar-refractivity contribution in [1.82, 2.24) is 25.4 Å². The first-order valence-electron chi connectivity index (χ1n) is 11.4. The van der Waals surface area contributed by atoms with Crippen molar-refractivity contribution in [3.63, 3.8) is 0 Å². The van der Waals surface area contributed by atoms with Gasteiger partial charge in [-0.1, -0.05) is 19.9 Å². The van der Waals surface area contributed by atoms with Gasteiger partial charge < -0.3 is 24.7 Å². The van der Waals surface area contributed by atoms with E-state index >= 15 is 0 Å². The summed E-state index contributed by atoms with van der Waals surface area (Å²) in [7, 11) is 0.